The van der Waals surface area contributed by atoms with Crippen molar-refractivity contribution in [3.63, 3.8) is 0 Å². The summed E-state index contributed by atoms with van der Waals surface area (Å²) in [4.78, 5) is 12.4. The highest BCUT2D eigenvalue weighted by Crippen LogP contribution is 2.25. The zero-order valence-electron chi connectivity index (χ0n) is 17.0. The van der Waals surface area contributed by atoms with Crippen LogP contribution in [-0.4, -0.2) is 23.4 Å². The predicted molar refractivity (Wildman–Crippen MR) is 138 cm³/mol. The lowest BCUT2D eigenvalue weighted by Crippen LogP contribution is -2.13. The second-order valence-corrected chi connectivity index (χ2v) is 10.3. The van der Waals surface area contributed by atoms with E-state index in [1.54, 1.807) is 18.3 Å². The van der Waals surface area contributed by atoms with E-state index in [0.717, 1.165) is 30.8 Å². The molecule has 10 heteroatoms. The summed E-state index contributed by atoms with van der Waals surface area (Å²) in [5.41, 5.74) is 8.43. The first kappa shape index (κ1) is 23.1. The van der Waals surface area contributed by atoms with Crippen LogP contribution in [0, 0.1) is 0 Å². The number of rotatable bonds is 3. The van der Waals surface area contributed by atoms with Crippen LogP contribution in [0.3, 0.4) is 0 Å². The second-order valence-electron chi connectivity index (χ2n) is 6.91. The number of pyridine rings is 3. The molecule has 0 bridgehead atoms. The van der Waals surface area contributed by atoms with E-state index in [1.807, 2.05) is 42.5 Å². The molecule has 3 heterocycles. The van der Waals surface area contributed by atoms with E-state index in [1.165, 1.54) is 24.7 Å². The summed E-state index contributed by atoms with van der Waals surface area (Å²) in [6.07, 6.45) is 5.97. The lowest BCUT2D eigenvalue weighted by atomic mass is 10.2. The number of aromatic nitrogens is 3. The second kappa shape index (κ2) is 9.82. The van der Waals surface area contributed by atoms with Gasteiger partial charge in [-0.25, -0.2) is 8.42 Å². The lowest BCUT2D eigenvalue weighted by molar-refractivity contribution is 0.601. The number of anilines is 2. The van der Waals surface area contributed by atoms with E-state index in [9.17, 15) is 8.42 Å². The van der Waals surface area contributed by atoms with Gasteiger partial charge in [0.25, 0.3) is 10.0 Å². The Morgan fingerprint density at radius 1 is 0.788 bits per heavy atom. The van der Waals surface area contributed by atoms with Gasteiger partial charge in [-0.2, -0.15) is 0 Å². The number of hydrogen-bond donors (Lipinski definition) is 2. The zero-order chi connectivity index (χ0) is 23.4. The highest BCUT2D eigenvalue weighted by atomic mass is 79.9. The van der Waals surface area contributed by atoms with Crippen LogP contribution in [0.2, 0.25) is 0 Å². The van der Waals surface area contributed by atoms with Gasteiger partial charge in [0.2, 0.25) is 0 Å². The molecule has 2 aromatic carbocycles. The maximum absolute atomic E-state index is 12.2. The lowest BCUT2D eigenvalue weighted by Gasteiger charge is -2.08. The van der Waals surface area contributed by atoms with Gasteiger partial charge in [0.1, 0.15) is 4.90 Å². The van der Waals surface area contributed by atoms with E-state index in [0.29, 0.717) is 11.4 Å². The van der Waals surface area contributed by atoms with Crippen molar-refractivity contribution in [3.8, 4) is 0 Å². The van der Waals surface area contributed by atoms with E-state index in [-0.39, 0.29) is 4.90 Å². The number of nitrogen functional groups attached to an aromatic ring is 1. The van der Waals surface area contributed by atoms with Gasteiger partial charge in [-0.15, -0.1) is 0 Å². The summed E-state index contributed by atoms with van der Waals surface area (Å²) in [7, 11) is -3.66. The van der Waals surface area contributed by atoms with Crippen molar-refractivity contribution in [2.24, 2.45) is 0 Å². The van der Waals surface area contributed by atoms with Crippen molar-refractivity contribution in [2.75, 3.05) is 10.5 Å². The standard InChI is InChI=1S/C14H10BrN3O2S.C9H7BrN2/c15-13-5-1-3-10-7-11(8-17-14(10)13)18-21(19,20)12-4-2-6-16-9-12;10-8-3-1-2-6-4-7(11)5-12-9(6)8/h1-9,18H;1-5H,11H2. The Balaban J connectivity index is 0.000000183. The van der Waals surface area contributed by atoms with Crippen LogP contribution in [-0.2, 0) is 10.0 Å². The molecule has 0 aliphatic rings. The van der Waals surface area contributed by atoms with Gasteiger partial charge in [0.15, 0.2) is 0 Å². The van der Waals surface area contributed by atoms with Crippen LogP contribution in [0.1, 0.15) is 0 Å². The minimum Gasteiger partial charge on any atom is -0.397 e. The molecule has 0 amide bonds. The van der Waals surface area contributed by atoms with Gasteiger partial charge < -0.3 is 5.73 Å². The Hall–Kier alpha value is -3.08. The summed E-state index contributed by atoms with van der Waals surface area (Å²) in [6, 6.07) is 18.2. The molecule has 5 aromatic rings. The SMILES string of the molecule is Nc1cnc2c(Br)cccc2c1.O=S(=O)(Nc1cnc2c(Br)cccc2c1)c1cccnc1. The number of para-hydroxylation sites is 2. The Morgan fingerprint density at radius 3 is 2.06 bits per heavy atom. The van der Waals surface area contributed by atoms with Crippen molar-refractivity contribution in [2.45, 2.75) is 4.90 Å². The molecule has 3 N–H and O–H groups in total. The molecular formula is C23H17Br2N5O2S. The number of halogens is 2. The molecular weight excluding hydrogens is 570 g/mol. The minimum absolute atomic E-state index is 0.110. The van der Waals surface area contributed by atoms with Crippen molar-refractivity contribution in [1.29, 1.82) is 0 Å². The van der Waals surface area contributed by atoms with E-state index in [4.69, 9.17) is 5.73 Å². The molecule has 0 saturated carbocycles. The zero-order valence-corrected chi connectivity index (χ0v) is 21.0. The highest BCUT2D eigenvalue weighted by molar-refractivity contribution is 9.11. The number of nitrogens with two attached hydrogens (primary N) is 1. The topological polar surface area (TPSA) is 111 Å². The van der Waals surface area contributed by atoms with Crippen molar-refractivity contribution in [3.05, 3.63) is 94.4 Å². The molecule has 0 saturated heterocycles. The molecule has 0 aliphatic carbocycles. The smallest absolute Gasteiger partial charge is 0.263 e. The summed E-state index contributed by atoms with van der Waals surface area (Å²) >= 11 is 6.83. The molecule has 0 radical (unpaired) electrons. The molecule has 0 aliphatic heterocycles. The first-order valence-corrected chi connectivity index (χ1v) is 12.7. The van der Waals surface area contributed by atoms with Crippen molar-refractivity contribution >= 4 is 75.1 Å². The van der Waals surface area contributed by atoms with Crippen LogP contribution in [0.15, 0.2) is 99.3 Å². The average molecular weight is 587 g/mol. The van der Waals surface area contributed by atoms with Crippen LogP contribution in [0.25, 0.3) is 21.8 Å². The molecule has 7 nitrogen and oxygen atoms in total. The Labute approximate surface area is 207 Å². The van der Waals surface area contributed by atoms with Gasteiger partial charge in [-0.3, -0.25) is 19.7 Å². The molecule has 0 spiro atoms. The van der Waals surface area contributed by atoms with Gasteiger partial charge >= 0.3 is 0 Å². The first-order chi connectivity index (χ1) is 15.8. The first-order valence-electron chi connectivity index (χ1n) is 9.60. The van der Waals surface area contributed by atoms with Crippen molar-refractivity contribution < 1.29 is 8.42 Å². The Kier molecular flexibility index (Phi) is 6.87. The van der Waals surface area contributed by atoms with Gasteiger partial charge in [0.05, 0.1) is 34.8 Å². The number of sulfonamides is 1. The normalized spacial score (nSPS) is 11.1. The monoisotopic (exact) mass is 585 g/mol. The number of nitrogens with one attached hydrogen (secondary N) is 1. The molecule has 0 atom stereocenters. The molecule has 5 rings (SSSR count). The molecule has 3 aromatic heterocycles. The maximum Gasteiger partial charge on any atom is 0.263 e. The third-order valence-corrected chi connectivity index (χ3v) is 7.19. The van der Waals surface area contributed by atoms with Crippen LogP contribution < -0.4 is 10.5 Å². The molecule has 166 valence electrons. The number of benzene rings is 2. The number of nitrogens with zero attached hydrogens (tertiary/aromatic N) is 3. The Morgan fingerprint density at radius 2 is 1.42 bits per heavy atom. The predicted octanol–water partition coefficient (Wildman–Crippen LogP) is 5.77. The molecule has 0 unspecified atom stereocenters. The largest absolute Gasteiger partial charge is 0.397 e. The maximum atomic E-state index is 12.2. The Bertz CT molecular complexity index is 1550. The van der Waals surface area contributed by atoms with Crippen LogP contribution in [0.5, 0.6) is 0 Å². The third kappa shape index (κ3) is 5.47. The number of hydrogen-bond acceptors (Lipinski definition) is 6. The quantitative estimate of drug-likeness (QED) is 0.277. The van der Waals surface area contributed by atoms with E-state index in [2.05, 4.69) is 51.5 Å². The molecule has 0 fully saturated rings. The van der Waals surface area contributed by atoms with Crippen LogP contribution >= 0.6 is 31.9 Å². The minimum atomic E-state index is -3.66. The van der Waals surface area contributed by atoms with Gasteiger partial charge in [0, 0.05) is 32.1 Å². The number of fused-ring (bicyclic) bond motifs is 2. The van der Waals surface area contributed by atoms with E-state index < -0.39 is 10.0 Å². The van der Waals surface area contributed by atoms with Gasteiger partial charge in [-0.05, 0) is 68.3 Å². The summed E-state index contributed by atoms with van der Waals surface area (Å²) < 4.78 is 28.8. The van der Waals surface area contributed by atoms with Crippen molar-refractivity contribution in [1.82, 2.24) is 15.0 Å². The summed E-state index contributed by atoms with van der Waals surface area (Å²) in [6.45, 7) is 0. The highest BCUT2D eigenvalue weighted by Gasteiger charge is 2.14. The van der Waals surface area contributed by atoms with E-state index >= 15 is 0 Å². The molecule has 33 heavy (non-hydrogen) atoms. The third-order valence-electron chi connectivity index (χ3n) is 4.54. The fourth-order valence-electron chi connectivity index (χ4n) is 3.04. The van der Waals surface area contributed by atoms with Gasteiger partial charge in [-0.1, -0.05) is 24.3 Å². The fourth-order valence-corrected chi connectivity index (χ4v) is 5.01. The summed E-state index contributed by atoms with van der Waals surface area (Å²) in [5, 5.41) is 1.90. The average Bonchev–Trinajstić information content (AvgIpc) is 2.80. The summed E-state index contributed by atoms with van der Waals surface area (Å²) in [5.74, 6) is 0. The fraction of sp³-hybridized carbons (Fsp3) is 0. The van der Waals surface area contributed by atoms with Crippen LogP contribution in [0.4, 0.5) is 11.4 Å².